The SMILES string of the molecule is Cc1cc(F)ccc1S(=O)(=O)NCC(=O)N[C@@H](CC(=O)O)C(C)C. The summed E-state index contributed by atoms with van der Waals surface area (Å²) in [6.07, 6.45) is -0.257. The Morgan fingerprint density at radius 1 is 1.29 bits per heavy atom. The predicted octanol–water partition coefficient (Wildman–Crippen LogP) is 1.03. The first-order valence-electron chi connectivity index (χ1n) is 7.30. The van der Waals surface area contributed by atoms with Crippen LogP contribution < -0.4 is 10.0 Å². The molecule has 3 N–H and O–H groups in total. The molecule has 0 bridgehead atoms. The van der Waals surface area contributed by atoms with Crippen LogP contribution in [0, 0.1) is 18.7 Å². The van der Waals surface area contributed by atoms with E-state index in [0.29, 0.717) is 0 Å². The molecule has 0 saturated heterocycles. The van der Waals surface area contributed by atoms with Gasteiger partial charge in [0.25, 0.3) is 0 Å². The van der Waals surface area contributed by atoms with E-state index in [9.17, 15) is 22.4 Å². The topological polar surface area (TPSA) is 113 Å². The fourth-order valence-electron chi connectivity index (χ4n) is 2.05. The standard InChI is InChI=1S/C15H21FN2O5S/c1-9(2)12(7-15(20)21)18-14(19)8-17-24(22,23)13-5-4-11(16)6-10(13)3/h4-6,9,12,17H,7-8H2,1-3H3,(H,18,19)(H,20,21)/t12-/m0/s1. The molecule has 0 heterocycles. The maximum atomic E-state index is 13.0. The molecule has 1 aromatic carbocycles. The van der Waals surface area contributed by atoms with Gasteiger partial charge in [0.05, 0.1) is 17.9 Å². The number of halogens is 1. The maximum absolute atomic E-state index is 13.0. The van der Waals surface area contributed by atoms with E-state index in [4.69, 9.17) is 5.11 Å². The third kappa shape index (κ3) is 5.89. The van der Waals surface area contributed by atoms with Crippen molar-refractivity contribution < 1.29 is 27.5 Å². The van der Waals surface area contributed by atoms with Gasteiger partial charge < -0.3 is 10.4 Å². The van der Waals surface area contributed by atoms with E-state index in [2.05, 4.69) is 10.0 Å². The van der Waals surface area contributed by atoms with Crippen molar-refractivity contribution in [1.29, 1.82) is 0 Å². The fraction of sp³-hybridized carbons (Fsp3) is 0.467. The smallest absolute Gasteiger partial charge is 0.305 e. The summed E-state index contributed by atoms with van der Waals surface area (Å²) in [7, 11) is -3.98. The molecule has 24 heavy (non-hydrogen) atoms. The molecule has 0 unspecified atom stereocenters. The first-order chi connectivity index (χ1) is 11.0. The van der Waals surface area contributed by atoms with Gasteiger partial charge in [-0.15, -0.1) is 0 Å². The van der Waals surface area contributed by atoms with Crippen LogP contribution in [0.1, 0.15) is 25.8 Å². The first-order valence-corrected chi connectivity index (χ1v) is 8.78. The van der Waals surface area contributed by atoms with Crippen LogP contribution in [-0.4, -0.2) is 38.0 Å². The van der Waals surface area contributed by atoms with Gasteiger partial charge >= 0.3 is 5.97 Å². The molecule has 0 aliphatic rings. The third-order valence-corrected chi connectivity index (χ3v) is 4.96. The zero-order valence-electron chi connectivity index (χ0n) is 13.7. The van der Waals surface area contributed by atoms with E-state index >= 15 is 0 Å². The quantitative estimate of drug-likeness (QED) is 0.641. The van der Waals surface area contributed by atoms with Crippen LogP contribution in [0.25, 0.3) is 0 Å². The normalized spacial score (nSPS) is 12.9. The van der Waals surface area contributed by atoms with Gasteiger partial charge in [-0.2, -0.15) is 0 Å². The molecule has 9 heteroatoms. The lowest BCUT2D eigenvalue weighted by atomic mass is 10.0. The summed E-state index contributed by atoms with van der Waals surface area (Å²) in [4.78, 5) is 22.5. The number of nitrogens with one attached hydrogen (secondary N) is 2. The number of aliphatic carboxylic acids is 1. The van der Waals surface area contributed by atoms with Crippen molar-refractivity contribution in [3.63, 3.8) is 0 Å². The summed E-state index contributed by atoms with van der Waals surface area (Å²) in [5, 5.41) is 11.3. The Bertz CT molecular complexity index is 719. The lowest BCUT2D eigenvalue weighted by Crippen LogP contribution is -2.45. The average Bonchev–Trinajstić information content (AvgIpc) is 2.43. The molecule has 0 spiro atoms. The second-order valence-corrected chi connectivity index (χ2v) is 7.49. The van der Waals surface area contributed by atoms with Crippen LogP contribution >= 0.6 is 0 Å². The molecule has 0 aliphatic carbocycles. The van der Waals surface area contributed by atoms with Gasteiger partial charge in [-0.3, -0.25) is 9.59 Å². The van der Waals surface area contributed by atoms with E-state index in [-0.39, 0.29) is 22.8 Å². The highest BCUT2D eigenvalue weighted by molar-refractivity contribution is 7.89. The molecule has 0 aliphatic heterocycles. The monoisotopic (exact) mass is 360 g/mol. The zero-order valence-corrected chi connectivity index (χ0v) is 14.5. The molecule has 0 saturated carbocycles. The van der Waals surface area contributed by atoms with Gasteiger partial charge in [0, 0.05) is 6.04 Å². The van der Waals surface area contributed by atoms with Crippen molar-refractivity contribution in [2.75, 3.05) is 6.54 Å². The molecular formula is C15H21FN2O5S. The number of hydrogen-bond donors (Lipinski definition) is 3. The summed E-state index contributed by atoms with van der Waals surface area (Å²) >= 11 is 0. The molecule has 0 radical (unpaired) electrons. The minimum Gasteiger partial charge on any atom is -0.481 e. The van der Waals surface area contributed by atoms with Crippen LogP contribution in [0.2, 0.25) is 0 Å². The number of hydrogen-bond acceptors (Lipinski definition) is 4. The molecule has 134 valence electrons. The number of benzene rings is 1. The lowest BCUT2D eigenvalue weighted by molar-refractivity contribution is -0.138. The van der Waals surface area contributed by atoms with Crippen molar-refractivity contribution in [2.24, 2.45) is 5.92 Å². The van der Waals surface area contributed by atoms with E-state index in [1.807, 2.05) is 0 Å². The Labute approximate surface area is 140 Å². The molecule has 1 rings (SSSR count). The number of carboxylic acids is 1. The van der Waals surface area contributed by atoms with Crippen LogP contribution in [0.5, 0.6) is 0 Å². The number of aryl methyl sites for hydroxylation is 1. The van der Waals surface area contributed by atoms with Crippen LogP contribution in [0.4, 0.5) is 4.39 Å². The second-order valence-electron chi connectivity index (χ2n) is 5.75. The van der Waals surface area contributed by atoms with E-state index in [1.54, 1.807) is 13.8 Å². The van der Waals surface area contributed by atoms with Crippen molar-refractivity contribution in [3.05, 3.63) is 29.6 Å². The largest absolute Gasteiger partial charge is 0.481 e. The van der Waals surface area contributed by atoms with Crippen molar-refractivity contribution in [2.45, 2.75) is 38.1 Å². The number of carboxylic acid groups (broad SMARTS) is 1. The first kappa shape index (κ1) is 20.0. The van der Waals surface area contributed by atoms with Gasteiger partial charge in [-0.1, -0.05) is 13.8 Å². The van der Waals surface area contributed by atoms with Gasteiger partial charge in [0.15, 0.2) is 0 Å². The number of rotatable bonds is 8. The minimum atomic E-state index is -3.98. The summed E-state index contributed by atoms with van der Waals surface area (Å²) < 4.78 is 39.5. The molecule has 1 aromatic rings. The van der Waals surface area contributed by atoms with Crippen molar-refractivity contribution in [3.8, 4) is 0 Å². The number of amides is 1. The van der Waals surface area contributed by atoms with Crippen LogP contribution in [0.15, 0.2) is 23.1 Å². The molecule has 1 atom stereocenters. The van der Waals surface area contributed by atoms with Gasteiger partial charge in [-0.25, -0.2) is 17.5 Å². The maximum Gasteiger partial charge on any atom is 0.305 e. The summed E-state index contributed by atoms with van der Waals surface area (Å²) in [6, 6.07) is 2.61. The highest BCUT2D eigenvalue weighted by atomic mass is 32.2. The minimum absolute atomic E-state index is 0.123. The molecule has 0 fully saturated rings. The number of sulfonamides is 1. The predicted molar refractivity (Wildman–Crippen MR) is 85.3 cm³/mol. The lowest BCUT2D eigenvalue weighted by Gasteiger charge is -2.20. The average molecular weight is 360 g/mol. The van der Waals surface area contributed by atoms with E-state index < -0.39 is 40.3 Å². The summed E-state index contributed by atoms with van der Waals surface area (Å²) in [5.41, 5.74) is 0.217. The Morgan fingerprint density at radius 2 is 1.92 bits per heavy atom. The molecule has 7 nitrogen and oxygen atoms in total. The number of carbonyl (C=O) groups is 2. The van der Waals surface area contributed by atoms with E-state index in [0.717, 1.165) is 18.2 Å². The summed E-state index contributed by atoms with van der Waals surface area (Å²) in [5.74, 6) is -2.38. The van der Waals surface area contributed by atoms with Crippen LogP contribution in [-0.2, 0) is 19.6 Å². The molecule has 1 amide bonds. The molecule has 0 aromatic heterocycles. The van der Waals surface area contributed by atoms with Gasteiger partial charge in [0.2, 0.25) is 15.9 Å². The van der Waals surface area contributed by atoms with Crippen molar-refractivity contribution >= 4 is 21.9 Å². The third-order valence-electron chi connectivity index (χ3n) is 3.39. The zero-order chi connectivity index (χ0) is 18.5. The summed E-state index contributed by atoms with van der Waals surface area (Å²) in [6.45, 7) is 4.40. The highest BCUT2D eigenvalue weighted by Crippen LogP contribution is 2.15. The Hall–Kier alpha value is -2.00. The second kappa shape index (κ2) is 8.20. The molecular weight excluding hydrogens is 339 g/mol. The fourth-order valence-corrected chi connectivity index (χ4v) is 3.26. The Balaban J connectivity index is 2.73. The van der Waals surface area contributed by atoms with Crippen molar-refractivity contribution in [1.82, 2.24) is 10.0 Å². The van der Waals surface area contributed by atoms with E-state index in [1.165, 1.54) is 6.92 Å². The highest BCUT2D eigenvalue weighted by Gasteiger charge is 2.22. The Morgan fingerprint density at radius 3 is 2.42 bits per heavy atom. The van der Waals surface area contributed by atoms with Crippen LogP contribution in [0.3, 0.4) is 0 Å². The number of carbonyl (C=O) groups excluding carboxylic acids is 1. The Kier molecular flexibility index (Phi) is 6.85. The van der Waals surface area contributed by atoms with Gasteiger partial charge in [0.1, 0.15) is 5.82 Å². The van der Waals surface area contributed by atoms with Gasteiger partial charge in [-0.05, 0) is 36.6 Å².